The number of fused-ring (bicyclic) bond motifs is 1. The average molecular weight is 474 g/mol. The van der Waals surface area contributed by atoms with Crippen LogP contribution < -0.4 is 0 Å². The summed E-state index contributed by atoms with van der Waals surface area (Å²) < 4.78 is 34.8. The molecule has 1 atom stereocenters. The Morgan fingerprint density at radius 1 is 1.09 bits per heavy atom. The van der Waals surface area contributed by atoms with Gasteiger partial charge in [-0.3, -0.25) is 14.6 Å². The number of benzene rings is 1. The van der Waals surface area contributed by atoms with Gasteiger partial charge in [0.15, 0.2) is 0 Å². The first-order valence-electron chi connectivity index (χ1n) is 11.8. The molecule has 0 N–H and O–H groups in total. The van der Waals surface area contributed by atoms with Crippen molar-refractivity contribution in [2.75, 3.05) is 6.61 Å². The van der Waals surface area contributed by atoms with Gasteiger partial charge >= 0.3 is 0 Å². The Morgan fingerprint density at radius 3 is 2.66 bits per heavy atom. The number of aromatic nitrogens is 4. The Morgan fingerprint density at radius 2 is 1.94 bits per heavy atom. The zero-order chi connectivity index (χ0) is 24.4. The maximum absolute atomic E-state index is 14.0. The predicted molar refractivity (Wildman–Crippen MR) is 127 cm³/mol. The van der Waals surface area contributed by atoms with Gasteiger partial charge in [-0.05, 0) is 63.3 Å². The van der Waals surface area contributed by atoms with Crippen LogP contribution in [0.1, 0.15) is 61.1 Å². The van der Waals surface area contributed by atoms with E-state index in [9.17, 15) is 8.78 Å². The van der Waals surface area contributed by atoms with Crippen molar-refractivity contribution in [1.29, 1.82) is 5.26 Å². The second kappa shape index (κ2) is 9.88. The molecular formula is C27H25F2N5O. The molecular weight excluding hydrogens is 448 g/mol. The van der Waals surface area contributed by atoms with E-state index in [1.54, 1.807) is 19.1 Å². The van der Waals surface area contributed by atoms with Crippen molar-refractivity contribution in [3.63, 3.8) is 0 Å². The van der Waals surface area contributed by atoms with E-state index >= 15 is 0 Å². The van der Waals surface area contributed by atoms with Crippen LogP contribution in [0.15, 0.2) is 48.9 Å². The molecule has 0 radical (unpaired) electrons. The highest BCUT2D eigenvalue weighted by molar-refractivity contribution is 5.95. The molecule has 2 aliphatic rings. The first-order chi connectivity index (χ1) is 17.0. The standard InChI is InChI=1S/C16H9F2N3.C11H16N2O/c1-9-2-4-13-15(21-9)10(7-19)8-20-16(13)12-5-3-11(17)6-14(12)18;1-2-6-14-11(3-1)9-7-12-13(8-9)10-4-5-10/h2-6,8H,1H3;7-8,10-11H,1-6H2. The summed E-state index contributed by atoms with van der Waals surface area (Å²) in [6.07, 6.45) is 12.1. The van der Waals surface area contributed by atoms with E-state index in [0.717, 1.165) is 24.8 Å². The highest BCUT2D eigenvalue weighted by Crippen LogP contribution is 2.36. The van der Waals surface area contributed by atoms with Gasteiger partial charge in [0.25, 0.3) is 0 Å². The predicted octanol–water partition coefficient (Wildman–Crippen LogP) is 6.21. The molecule has 1 aromatic carbocycles. The number of nitriles is 1. The van der Waals surface area contributed by atoms with Crippen LogP contribution in [0, 0.1) is 29.9 Å². The highest BCUT2D eigenvalue weighted by atomic mass is 19.1. The molecule has 1 aliphatic heterocycles. The Kier molecular flexibility index (Phi) is 6.51. The number of hydrogen-bond acceptors (Lipinski definition) is 5. The lowest BCUT2D eigenvalue weighted by atomic mass is 10.0. The van der Waals surface area contributed by atoms with Crippen molar-refractivity contribution < 1.29 is 13.5 Å². The first kappa shape index (κ1) is 23.1. The van der Waals surface area contributed by atoms with Crippen LogP contribution in [0.5, 0.6) is 0 Å². The van der Waals surface area contributed by atoms with Crippen LogP contribution in [-0.4, -0.2) is 26.4 Å². The van der Waals surface area contributed by atoms with E-state index in [-0.39, 0.29) is 5.56 Å². The maximum atomic E-state index is 14.0. The summed E-state index contributed by atoms with van der Waals surface area (Å²) in [5.74, 6) is -1.35. The van der Waals surface area contributed by atoms with Gasteiger partial charge in [-0.2, -0.15) is 10.4 Å². The molecule has 8 heteroatoms. The number of halogens is 2. The third-order valence-electron chi connectivity index (χ3n) is 6.27. The van der Waals surface area contributed by atoms with E-state index in [1.165, 1.54) is 49.6 Å². The van der Waals surface area contributed by atoms with Gasteiger partial charge in [-0.15, -0.1) is 0 Å². The van der Waals surface area contributed by atoms with E-state index in [1.807, 2.05) is 12.3 Å². The van der Waals surface area contributed by atoms with Gasteiger partial charge in [-0.25, -0.2) is 8.78 Å². The van der Waals surface area contributed by atoms with Crippen LogP contribution in [0.3, 0.4) is 0 Å². The Bertz CT molecular complexity index is 1400. The molecule has 1 aliphatic carbocycles. The lowest BCUT2D eigenvalue weighted by Gasteiger charge is -2.21. The van der Waals surface area contributed by atoms with Gasteiger partial charge in [0.1, 0.15) is 17.7 Å². The molecule has 178 valence electrons. The lowest BCUT2D eigenvalue weighted by Crippen LogP contribution is -2.10. The normalized spacial score (nSPS) is 17.5. The molecule has 0 bridgehead atoms. The first-order valence-corrected chi connectivity index (χ1v) is 11.8. The van der Waals surface area contributed by atoms with Crippen molar-refractivity contribution in [3.8, 4) is 17.3 Å². The molecule has 1 saturated heterocycles. The maximum Gasteiger partial charge on any atom is 0.135 e. The number of aryl methyl sites for hydroxylation is 1. The minimum atomic E-state index is -0.700. The van der Waals surface area contributed by atoms with Gasteiger partial charge in [0, 0.05) is 47.3 Å². The summed E-state index contributed by atoms with van der Waals surface area (Å²) in [4.78, 5) is 8.46. The minimum Gasteiger partial charge on any atom is -0.373 e. The fraction of sp³-hybridized carbons (Fsp3) is 0.333. The van der Waals surface area contributed by atoms with Crippen LogP contribution in [0.25, 0.3) is 22.2 Å². The molecule has 4 aromatic rings. The van der Waals surface area contributed by atoms with Crippen molar-refractivity contribution in [2.45, 2.75) is 51.2 Å². The molecule has 1 saturated carbocycles. The zero-order valence-electron chi connectivity index (χ0n) is 19.4. The van der Waals surface area contributed by atoms with E-state index in [0.29, 0.717) is 34.3 Å². The molecule has 1 unspecified atom stereocenters. The monoisotopic (exact) mass is 473 g/mol. The van der Waals surface area contributed by atoms with Gasteiger partial charge in [0.2, 0.25) is 0 Å². The van der Waals surface area contributed by atoms with Gasteiger partial charge < -0.3 is 4.74 Å². The minimum absolute atomic E-state index is 0.177. The molecule has 2 fully saturated rings. The summed E-state index contributed by atoms with van der Waals surface area (Å²) in [6, 6.07) is 9.52. The topological polar surface area (TPSA) is 76.6 Å². The fourth-order valence-electron chi connectivity index (χ4n) is 4.25. The molecule has 35 heavy (non-hydrogen) atoms. The number of rotatable bonds is 3. The molecule has 0 spiro atoms. The van der Waals surface area contributed by atoms with E-state index in [4.69, 9.17) is 10.00 Å². The largest absolute Gasteiger partial charge is 0.373 e. The Labute approximate surface area is 202 Å². The van der Waals surface area contributed by atoms with Crippen LogP contribution in [-0.2, 0) is 4.74 Å². The van der Waals surface area contributed by atoms with Crippen molar-refractivity contribution >= 4 is 10.9 Å². The molecule has 6 rings (SSSR count). The summed E-state index contributed by atoms with van der Waals surface area (Å²) in [5, 5.41) is 14.1. The number of hydrogen-bond donors (Lipinski definition) is 0. The van der Waals surface area contributed by atoms with Crippen LogP contribution in [0.4, 0.5) is 8.78 Å². The van der Waals surface area contributed by atoms with E-state index in [2.05, 4.69) is 25.9 Å². The second-order valence-corrected chi connectivity index (χ2v) is 8.95. The highest BCUT2D eigenvalue weighted by Gasteiger charge is 2.26. The summed E-state index contributed by atoms with van der Waals surface area (Å²) in [7, 11) is 0. The third-order valence-corrected chi connectivity index (χ3v) is 6.27. The molecule has 0 amide bonds. The summed E-state index contributed by atoms with van der Waals surface area (Å²) in [5.41, 5.74) is 3.32. The quantitative estimate of drug-likeness (QED) is 0.353. The fourth-order valence-corrected chi connectivity index (χ4v) is 4.25. The number of ether oxygens (including phenoxy) is 1. The number of nitrogens with zero attached hydrogens (tertiary/aromatic N) is 5. The zero-order valence-corrected chi connectivity index (χ0v) is 19.4. The van der Waals surface area contributed by atoms with Crippen molar-refractivity contribution in [2.24, 2.45) is 0 Å². The van der Waals surface area contributed by atoms with Gasteiger partial charge in [0.05, 0.1) is 35.1 Å². The average Bonchev–Trinajstić information content (AvgIpc) is 3.61. The second-order valence-electron chi connectivity index (χ2n) is 8.95. The Hall–Kier alpha value is -3.70. The van der Waals surface area contributed by atoms with Gasteiger partial charge in [-0.1, -0.05) is 0 Å². The smallest absolute Gasteiger partial charge is 0.135 e. The third kappa shape index (κ3) is 5.05. The SMILES string of the molecule is Cc1ccc2c(-c3ccc(F)cc3F)ncc(C#N)c2n1.c1nn(C2CC2)cc1C1CCCCO1. The summed E-state index contributed by atoms with van der Waals surface area (Å²) >= 11 is 0. The molecule has 3 aromatic heterocycles. The molecule has 4 heterocycles. The van der Waals surface area contributed by atoms with Crippen molar-refractivity contribution in [1.82, 2.24) is 19.7 Å². The number of pyridine rings is 2. The summed E-state index contributed by atoms with van der Waals surface area (Å²) in [6.45, 7) is 2.72. The lowest BCUT2D eigenvalue weighted by molar-refractivity contribution is 0.0149. The van der Waals surface area contributed by atoms with E-state index < -0.39 is 11.6 Å². The van der Waals surface area contributed by atoms with Crippen LogP contribution >= 0.6 is 0 Å². The van der Waals surface area contributed by atoms with Crippen molar-refractivity contribution in [3.05, 3.63) is 77.4 Å². The Balaban J connectivity index is 0.000000156. The van der Waals surface area contributed by atoms with Crippen LogP contribution in [0.2, 0.25) is 0 Å². The molecule has 6 nitrogen and oxygen atoms in total.